The second-order valence-corrected chi connectivity index (χ2v) is 4.63. The average molecular weight is 265 g/mol. The Hall–Kier alpha value is -1.69. The number of hydrogen-bond donors (Lipinski definition) is 2. The number of likely N-dealkylation sites (N-methyl/N-ethyl adjacent to an activating group) is 1. The van der Waals surface area contributed by atoms with Crippen LogP contribution in [0.15, 0.2) is 12.4 Å². The van der Waals surface area contributed by atoms with Crippen LogP contribution in [0.4, 0.5) is 5.82 Å². The summed E-state index contributed by atoms with van der Waals surface area (Å²) in [5.41, 5.74) is 0.396. The van der Waals surface area contributed by atoms with Crippen molar-refractivity contribution in [3.05, 3.63) is 18.1 Å². The molecule has 0 saturated carbocycles. The molecule has 1 rings (SSSR count). The number of hydrogen-bond acceptors (Lipinski definition) is 5. The quantitative estimate of drug-likeness (QED) is 0.686. The maximum absolute atomic E-state index is 11.9. The Morgan fingerprint density at radius 3 is 2.79 bits per heavy atom. The normalized spacial score (nSPS) is 10.5. The molecule has 19 heavy (non-hydrogen) atoms. The molecule has 106 valence electrons. The Labute approximate surface area is 114 Å². The zero-order chi connectivity index (χ0) is 14.1. The Balaban J connectivity index is 2.48. The lowest BCUT2D eigenvalue weighted by Gasteiger charge is -2.10. The van der Waals surface area contributed by atoms with Crippen LogP contribution in [0, 0.1) is 0 Å². The molecular weight excluding hydrogens is 242 g/mol. The Kier molecular flexibility index (Phi) is 6.81. The van der Waals surface area contributed by atoms with Gasteiger partial charge in [-0.1, -0.05) is 13.3 Å². The molecule has 0 unspecified atom stereocenters. The van der Waals surface area contributed by atoms with Gasteiger partial charge in [0.1, 0.15) is 17.8 Å². The molecule has 0 spiro atoms. The first-order chi connectivity index (χ1) is 9.13. The zero-order valence-corrected chi connectivity index (χ0v) is 11.9. The van der Waals surface area contributed by atoms with Gasteiger partial charge in [0.25, 0.3) is 5.91 Å². The van der Waals surface area contributed by atoms with Gasteiger partial charge in [-0.2, -0.15) is 0 Å². The fourth-order valence-electron chi connectivity index (χ4n) is 1.45. The number of amides is 1. The lowest BCUT2D eigenvalue weighted by Crippen LogP contribution is -2.31. The van der Waals surface area contributed by atoms with Crippen molar-refractivity contribution in [2.24, 2.45) is 0 Å². The summed E-state index contributed by atoms with van der Waals surface area (Å²) in [5.74, 6) is 0.531. The molecule has 0 aromatic carbocycles. The van der Waals surface area contributed by atoms with E-state index in [4.69, 9.17) is 0 Å². The highest BCUT2D eigenvalue weighted by Crippen LogP contribution is 2.04. The van der Waals surface area contributed by atoms with E-state index in [1.54, 1.807) is 6.07 Å². The van der Waals surface area contributed by atoms with E-state index in [9.17, 15) is 4.79 Å². The van der Waals surface area contributed by atoms with E-state index in [1.165, 1.54) is 6.33 Å². The first kappa shape index (κ1) is 15.4. The van der Waals surface area contributed by atoms with Crippen molar-refractivity contribution >= 4 is 11.7 Å². The van der Waals surface area contributed by atoms with Crippen LogP contribution < -0.4 is 10.6 Å². The van der Waals surface area contributed by atoms with Crippen molar-refractivity contribution in [2.45, 2.75) is 19.8 Å². The Morgan fingerprint density at radius 1 is 1.32 bits per heavy atom. The van der Waals surface area contributed by atoms with Crippen molar-refractivity contribution in [2.75, 3.05) is 39.0 Å². The van der Waals surface area contributed by atoms with Gasteiger partial charge >= 0.3 is 0 Å². The van der Waals surface area contributed by atoms with Crippen LogP contribution >= 0.6 is 0 Å². The number of carbonyl (C=O) groups is 1. The van der Waals surface area contributed by atoms with Gasteiger partial charge in [-0.25, -0.2) is 9.97 Å². The van der Waals surface area contributed by atoms with Gasteiger partial charge in [-0.05, 0) is 20.5 Å². The van der Waals surface area contributed by atoms with E-state index in [1.807, 2.05) is 19.0 Å². The van der Waals surface area contributed by atoms with E-state index in [0.29, 0.717) is 18.1 Å². The second kappa shape index (κ2) is 8.42. The fourth-order valence-corrected chi connectivity index (χ4v) is 1.45. The summed E-state index contributed by atoms with van der Waals surface area (Å²) in [4.78, 5) is 22.0. The molecular formula is C13H23N5O. The summed E-state index contributed by atoms with van der Waals surface area (Å²) in [6, 6.07) is 1.68. The summed E-state index contributed by atoms with van der Waals surface area (Å²) in [6.07, 6.45) is 3.61. The molecule has 6 nitrogen and oxygen atoms in total. The van der Waals surface area contributed by atoms with Gasteiger partial charge in [0, 0.05) is 25.7 Å². The molecule has 0 radical (unpaired) electrons. The molecule has 1 aromatic rings. The monoisotopic (exact) mass is 265 g/mol. The molecule has 2 N–H and O–H groups in total. The van der Waals surface area contributed by atoms with Crippen LogP contribution in [0.5, 0.6) is 0 Å². The van der Waals surface area contributed by atoms with Gasteiger partial charge in [-0.15, -0.1) is 0 Å². The van der Waals surface area contributed by atoms with E-state index < -0.39 is 0 Å². The number of carbonyl (C=O) groups excluding carboxylic acids is 1. The van der Waals surface area contributed by atoms with E-state index >= 15 is 0 Å². The number of aromatic nitrogens is 2. The molecule has 1 amide bonds. The third kappa shape index (κ3) is 6.15. The predicted molar refractivity (Wildman–Crippen MR) is 76.3 cm³/mol. The smallest absolute Gasteiger partial charge is 0.270 e. The molecule has 1 heterocycles. The molecule has 0 bridgehead atoms. The Bertz CT molecular complexity index is 394. The topological polar surface area (TPSA) is 70.2 Å². The third-order valence-electron chi connectivity index (χ3n) is 2.58. The van der Waals surface area contributed by atoms with Crippen molar-refractivity contribution < 1.29 is 4.79 Å². The fraction of sp³-hybridized carbons (Fsp3) is 0.615. The summed E-state index contributed by atoms with van der Waals surface area (Å²) in [6.45, 7) is 4.40. The molecule has 0 atom stereocenters. The highest BCUT2D eigenvalue weighted by atomic mass is 16.1. The maximum atomic E-state index is 11.9. The van der Waals surface area contributed by atoms with Gasteiger partial charge < -0.3 is 15.5 Å². The average Bonchev–Trinajstić information content (AvgIpc) is 2.39. The van der Waals surface area contributed by atoms with Crippen LogP contribution in [-0.4, -0.2) is 54.5 Å². The molecule has 0 saturated heterocycles. The molecule has 6 heteroatoms. The van der Waals surface area contributed by atoms with Gasteiger partial charge in [0.15, 0.2) is 0 Å². The highest BCUT2D eigenvalue weighted by Gasteiger charge is 2.07. The number of unbranched alkanes of at least 4 members (excludes halogenated alkanes) is 1. The minimum Gasteiger partial charge on any atom is -0.370 e. The summed E-state index contributed by atoms with van der Waals surface area (Å²) in [7, 11) is 3.93. The first-order valence-electron chi connectivity index (χ1n) is 6.62. The van der Waals surface area contributed by atoms with E-state index in [-0.39, 0.29) is 5.91 Å². The minimum absolute atomic E-state index is 0.164. The van der Waals surface area contributed by atoms with Gasteiger partial charge in [0.05, 0.1) is 0 Å². The first-order valence-corrected chi connectivity index (χ1v) is 6.62. The lowest BCUT2D eigenvalue weighted by atomic mass is 10.3. The SMILES string of the molecule is CCCCNc1cc(C(=O)NCCN(C)C)ncn1. The third-order valence-corrected chi connectivity index (χ3v) is 2.58. The van der Waals surface area contributed by atoms with E-state index in [2.05, 4.69) is 27.5 Å². The van der Waals surface area contributed by atoms with Gasteiger partial charge in [0.2, 0.25) is 0 Å². The number of anilines is 1. The predicted octanol–water partition coefficient (Wildman–Crippen LogP) is 0.980. The lowest BCUT2D eigenvalue weighted by molar-refractivity contribution is 0.0946. The molecule has 0 fully saturated rings. The second-order valence-electron chi connectivity index (χ2n) is 4.63. The maximum Gasteiger partial charge on any atom is 0.270 e. The Morgan fingerprint density at radius 2 is 2.11 bits per heavy atom. The largest absolute Gasteiger partial charge is 0.370 e. The highest BCUT2D eigenvalue weighted by molar-refractivity contribution is 5.92. The van der Waals surface area contributed by atoms with Gasteiger partial charge in [-0.3, -0.25) is 4.79 Å². The summed E-state index contributed by atoms with van der Waals surface area (Å²) in [5, 5.41) is 6.00. The van der Waals surface area contributed by atoms with Crippen molar-refractivity contribution in [1.82, 2.24) is 20.2 Å². The number of nitrogens with one attached hydrogen (secondary N) is 2. The summed E-state index contributed by atoms with van der Waals surface area (Å²) < 4.78 is 0. The molecule has 0 aliphatic rings. The number of nitrogens with zero attached hydrogens (tertiary/aromatic N) is 3. The molecule has 0 aliphatic heterocycles. The zero-order valence-electron chi connectivity index (χ0n) is 11.9. The van der Waals surface area contributed by atoms with Crippen LogP contribution in [0.3, 0.4) is 0 Å². The van der Waals surface area contributed by atoms with Crippen molar-refractivity contribution in [3.8, 4) is 0 Å². The standard InChI is InChI=1S/C13H23N5O/c1-4-5-6-14-12-9-11(16-10-17-12)13(19)15-7-8-18(2)3/h9-10H,4-8H2,1-3H3,(H,15,19)(H,14,16,17). The van der Waals surface area contributed by atoms with Crippen LogP contribution in [0.2, 0.25) is 0 Å². The van der Waals surface area contributed by atoms with E-state index in [0.717, 1.165) is 25.9 Å². The van der Waals surface area contributed by atoms with Crippen molar-refractivity contribution in [1.29, 1.82) is 0 Å². The van der Waals surface area contributed by atoms with Crippen LogP contribution in [0.25, 0.3) is 0 Å². The van der Waals surface area contributed by atoms with Crippen molar-refractivity contribution in [3.63, 3.8) is 0 Å². The number of rotatable bonds is 8. The molecule has 0 aliphatic carbocycles. The minimum atomic E-state index is -0.164. The molecule has 1 aromatic heterocycles. The van der Waals surface area contributed by atoms with Crippen LogP contribution in [-0.2, 0) is 0 Å². The summed E-state index contributed by atoms with van der Waals surface area (Å²) >= 11 is 0. The van der Waals surface area contributed by atoms with Crippen LogP contribution in [0.1, 0.15) is 30.3 Å².